The zero-order valence-electron chi connectivity index (χ0n) is 28.0. The average molecular weight is 649 g/mol. The molecule has 0 bridgehead atoms. The van der Waals surface area contributed by atoms with Gasteiger partial charge in [0.2, 0.25) is 16.6 Å². The minimum absolute atomic E-state index is 0.00862. The van der Waals surface area contributed by atoms with Crippen LogP contribution in [0.2, 0.25) is 36.3 Å². The Labute approximate surface area is 264 Å². The molecule has 0 unspecified atom stereocenters. The summed E-state index contributed by atoms with van der Waals surface area (Å²) in [7, 11) is -4.18. The summed E-state index contributed by atoms with van der Waals surface area (Å²) < 4.78 is 49.5. The molecule has 2 aromatic rings. The molecule has 0 amide bonds. The highest BCUT2D eigenvalue weighted by Crippen LogP contribution is 2.58. The van der Waals surface area contributed by atoms with E-state index in [1.165, 1.54) is 0 Å². The molecule has 0 aliphatic heterocycles. The van der Waals surface area contributed by atoms with Crippen LogP contribution in [0.1, 0.15) is 64.5 Å². The van der Waals surface area contributed by atoms with E-state index in [-0.39, 0.29) is 23.3 Å². The lowest BCUT2D eigenvalue weighted by molar-refractivity contribution is -0.167. The average Bonchev–Trinajstić information content (AvgIpc) is 2.90. The maximum absolute atomic E-state index is 13.4. The lowest BCUT2D eigenvalue weighted by Gasteiger charge is -2.49. The molecule has 3 rings (SSSR count). The second-order valence-corrected chi connectivity index (χ2v) is 24.1. The summed E-state index contributed by atoms with van der Waals surface area (Å²) >= 11 is 0. The summed E-state index contributed by atoms with van der Waals surface area (Å²) in [5.41, 5.74) is 1.46. The van der Waals surface area contributed by atoms with Crippen LogP contribution in [0.15, 0.2) is 48.5 Å². The zero-order valence-corrected chi connectivity index (χ0v) is 30.0. The molecule has 1 aliphatic carbocycles. The minimum Gasteiger partial charge on any atom is -0.544 e. The van der Waals surface area contributed by atoms with E-state index in [4.69, 9.17) is 18.3 Å². The highest BCUT2D eigenvalue weighted by molar-refractivity contribution is 6.75. The molecule has 0 spiro atoms. The fraction of sp³-hybridized carbons (Fsp3) is 0.588. The van der Waals surface area contributed by atoms with Gasteiger partial charge in [0.25, 0.3) is 0 Å². The molecular formula is C34H50F2O6Si2. The van der Waals surface area contributed by atoms with E-state index in [9.17, 15) is 18.4 Å². The number of rotatable bonds is 12. The predicted octanol–water partition coefficient (Wildman–Crippen LogP) is 8.59. The number of hydrogen-bond donors (Lipinski definition) is 0. The SMILES string of the molecule is CC(C)(C)[Si](C)(C)Oc1ccc(C2C(C(=O)OCCF)C(c3ccc(O[Si](C)(C)C(C)(C)C)cc3)C2C(=O)OCCF)cc1. The maximum atomic E-state index is 13.4. The van der Waals surface area contributed by atoms with Crippen LogP contribution in [0.3, 0.4) is 0 Å². The molecule has 244 valence electrons. The Morgan fingerprint density at radius 1 is 0.614 bits per heavy atom. The van der Waals surface area contributed by atoms with Gasteiger partial charge in [-0.1, -0.05) is 65.8 Å². The molecule has 1 fully saturated rings. The van der Waals surface area contributed by atoms with Crippen molar-refractivity contribution in [1.82, 2.24) is 0 Å². The summed E-state index contributed by atoms with van der Waals surface area (Å²) in [6.07, 6.45) is 0. The van der Waals surface area contributed by atoms with Crippen molar-refractivity contribution >= 4 is 28.6 Å². The Kier molecular flexibility index (Phi) is 11.2. The third kappa shape index (κ3) is 7.91. The molecule has 44 heavy (non-hydrogen) atoms. The zero-order chi connectivity index (χ0) is 33.1. The fourth-order valence-electron chi connectivity index (χ4n) is 5.05. The van der Waals surface area contributed by atoms with Crippen LogP contribution >= 0.6 is 0 Å². The summed E-state index contributed by atoms with van der Waals surface area (Å²) in [6, 6.07) is 14.8. The van der Waals surface area contributed by atoms with Crippen molar-refractivity contribution < 1.29 is 36.7 Å². The van der Waals surface area contributed by atoms with E-state index < -0.39 is 65.6 Å². The third-order valence-corrected chi connectivity index (χ3v) is 18.3. The van der Waals surface area contributed by atoms with Crippen molar-refractivity contribution in [1.29, 1.82) is 0 Å². The molecule has 0 radical (unpaired) electrons. The number of alkyl halides is 2. The number of carbonyl (C=O) groups is 2. The third-order valence-electron chi connectivity index (χ3n) is 9.62. The van der Waals surface area contributed by atoms with Crippen LogP contribution in [-0.4, -0.2) is 55.1 Å². The lowest BCUT2D eigenvalue weighted by Crippen LogP contribution is -2.52. The van der Waals surface area contributed by atoms with Gasteiger partial charge in [0.05, 0.1) is 11.8 Å². The standard InChI is InChI=1S/C34H50F2O6Si2/c1-33(2,3)43(7,8)41-25-15-11-23(12-16-25)27-29(31(37)39-21-19-35)28(30(27)32(38)40-22-20-36)24-13-17-26(18-14-24)42-44(9,10)34(4,5)6/h11-18,27-30H,19-22H2,1-10H3. The first-order valence-corrected chi connectivity index (χ1v) is 21.2. The van der Waals surface area contributed by atoms with E-state index in [0.29, 0.717) is 11.5 Å². The molecule has 0 saturated heterocycles. The molecule has 1 aliphatic rings. The van der Waals surface area contributed by atoms with Crippen molar-refractivity contribution in [2.75, 3.05) is 26.6 Å². The molecule has 2 aromatic carbocycles. The monoisotopic (exact) mass is 648 g/mol. The first-order valence-electron chi connectivity index (χ1n) is 15.4. The Hall–Kier alpha value is -2.73. The maximum Gasteiger partial charge on any atom is 0.310 e. The van der Waals surface area contributed by atoms with Crippen LogP contribution in [0.25, 0.3) is 0 Å². The van der Waals surface area contributed by atoms with Crippen molar-refractivity contribution in [3.63, 3.8) is 0 Å². The molecule has 0 atom stereocenters. The molecule has 0 heterocycles. The highest BCUT2D eigenvalue weighted by Gasteiger charge is 2.59. The molecule has 0 N–H and O–H groups in total. The first-order chi connectivity index (χ1) is 20.3. The van der Waals surface area contributed by atoms with Gasteiger partial charge in [-0.3, -0.25) is 9.59 Å². The van der Waals surface area contributed by atoms with E-state index in [1.807, 2.05) is 48.5 Å². The van der Waals surface area contributed by atoms with Crippen molar-refractivity contribution in [3.05, 3.63) is 59.7 Å². The van der Waals surface area contributed by atoms with Crippen molar-refractivity contribution in [3.8, 4) is 11.5 Å². The number of benzene rings is 2. The summed E-state index contributed by atoms with van der Waals surface area (Å²) in [6.45, 7) is 19.3. The van der Waals surface area contributed by atoms with E-state index in [2.05, 4.69) is 67.7 Å². The Morgan fingerprint density at radius 2 is 0.909 bits per heavy atom. The van der Waals surface area contributed by atoms with Crippen LogP contribution < -0.4 is 8.85 Å². The minimum atomic E-state index is -2.09. The number of halogens is 2. The van der Waals surface area contributed by atoms with Gasteiger partial charge in [0.15, 0.2) is 0 Å². The van der Waals surface area contributed by atoms with Crippen LogP contribution in [0.5, 0.6) is 11.5 Å². The van der Waals surface area contributed by atoms with E-state index in [0.717, 1.165) is 11.1 Å². The smallest absolute Gasteiger partial charge is 0.310 e. The van der Waals surface area contributed by atoms with Gasteiger partial charge in [0.1, 0.15) is 38.1 Å². The quantitative estimate of drug-likeness (QED) is 0.170. The second kappa shape index (κ2) is 13.7. The number of ether oxygens (including phenoxy) is 2. The van der Waals surface area contributed by atoms with E-state index in [1.54, 1.807) is 0 Å². The molecule has 10 heteroatoms. The van der Waals surface area contributed by atoms with E-state index >= 15 is 0 Å². The predicted molar refractivity (Wildman–Crippen MR) is 175 cm³/mol. The summed E-state index contributed by atoms with van der Waals surface area (Å²) in [5.74, 6) is -2.52. The van der Waals surface area contributed by atoms with Gasteiger partial charge in [-0.05, 0) is 71.7 Å². The van der Waals surface area contributed by atoms with Gasteiger partial charge in [-0.25, -0.2) is 8.78 Å². The van der Waals surface area contributed by atoms with Crippen LogP contribution in [0.4, 0.5) is 8.78 Å². The number of carbonyl (C=O) groups excluding carboxylic acids is 2. The van der Waals surface area contributed by atoms with Crippen LogP contribution in [-0.2, 0) is 19.1 Å². The van der Waals surface area contributed by atoms with Gasteiger partial charge >= 0.3 is 11.9 Å². The van der Waals surface area contributed by atoms with Gasteiger partial charge < -0.3 is 18.3 Å². The number of esters is 2. The Morgan fingerprint density at radius 3 is 1.16 bits per heavy atom. The molecular weight excluding hydrogens is 599 g/mol. The second-order valence-electron chi connectivity index (χ2n) is 14.7. The normalized spacial score (nSPS) is 20.8. The van der Waals surface area contributed by atoms with Gasteiger partial charge in [-0.15, -0.1) is 0 Å². The van der Waals surface area contributed by atoms with Crippen molar-refractivity contribution in [2.24, 2.45) is 11.8 Å². The van der Waals surface area contributed by atoms with Crippen molar-refractivity contribution in [2.45, 2.75) is 89.6 Å². The Bertz CT molecular complexity index is 1160. The molecule has 0 aromatic heterocycles. The first kappa shape index (κ1) is 35.7. The lowest BCUT2D eigenvalue weighted by atomic mass is 9.52. The van der Waals surface area contributed by atoms with Crippen LogP contribution in [0, 0.1) is 11.8 Å². The molecule has 6 nitrogen and oxygen atoms in total. The number of hydrogen-bond acceptors (Lipinski definition) is 6. The highest BCUT2D eigenvalue weighted by atomic mass is 28.4. The topological polar surface area (TPSA) is 71.1 Å². The summed E-state index contributed by atoms with van der Waals surface area (Å²) in [5, 5.41) is 0.0172. The Balaban J connectivity index is 2.00. The van der Waals surface area contributed by atoms with Gasteiger partial charge in [-0.2, -0.15) is 0 Å². The fourth-order valence-corrected chi connectivity index (χ4v) is 7.11. The largest absolute Gasteiger partial charge is 0.544 e. The van der Waals surface area contributed by atoms with Gasteiger partial charge in [0, 0.05) is 11.8 Å². The summed E-state index contributed by atoms with van der Waals surface area (Å²) in [4.78, 5) is 26.8. The molecule has 1 saturated carbocycles.